The molecule has 0 saturated carbocycles. The minimum absolute atomic E-state index is 0.209. The Kier molecular flexibility index (Phi) is 4.79. The van der Waals surface area contributed by atoms with Crippen LogP contribution in [-0.2, 0) is 9.47 Å². The summed E-state index contributed by atoms with van der Waals surface area (Å²) in [5.74, 6) is -0.436. The van der Waals surface area contributed by atoms with E-state index in [0.717, 1.165) is 0 Å². The molecular weight excluding hydrogens is 230 g/mol. The molecule has 0 amide bonds. The number of ether oxygens (including phenoxy) is 2. The second-order valence-electron chi connectivity index (χ2n) is 2.84. The summed E-state index contributed by atoms with van der Waals surface area (Å²) >= 11 is 5.79. The Hall–Kier alpha value is -1.55. The van der Waals surface area contributed by atoms with Gasteiger partial charge in [-0.2, -0.15) is 0 Å². The quantitative estimate of drug-likeness (QED) is 0.600. The predicted octanol–water partition coefficient (Wildman–Crippen LogP) is 2.44. The monoisotopic (exact) mass is 241 g/mol. The van der Waals surface area contributed by atoms with E-state index in [1.807, 2.05) is 6.92 Å². The number of hydrogen-bond donors (Lipinski definition) is 0. The zero-order chi connectivity index (χ0) is 12.0. The SMILES string of the molecule is CCO/C(Cl)=C\c1cnccc1C(=O)OC. The third-order valence-corrected chi connectivity index (χ3v) is 2.03. The first-order valence-electron chi connectivity index (χ1n) is 4.71. The van der Waals surface area contributed by atoms with Gasteiger partial charge in [0.1, 0.15) is 0 Å². The van der Waals surface area contributed by atoms with E-state index >= 15 is 0 Å². The predicted molar refractivity (Wildman–Crippen MR) is 61.0 cm³/mol. The highest BCUT2D eigenvalue weighted by Crippen LogP contribution is 2.15. The molecule has 0 N–H and O–H groups in total. The fourth-order valence-electron chi connectivity index (χ4n) is 1.12. The van der Waals surface area contributed by atoms with Crippen LogP contribution in [0.4, 0.5) is 0 Å². The second kappa shape index (κ2) is 6.12. The Bertz CT molecular complexity index is 404. The number of aromatic nitrogens is 1. The summed E-state index contributed by atoms with van der Waals surface area (Å²) in [4.78, 5) is 15.3. The molecule has 0 unspecified atom stereocenters. The van der Waals surface area contributed by atoms with Crippen molar-refractivity contribution in [2.24, 2.45) is 0 Å². The summed E-state index contributed by atoms with van der Waals surface area (Å²) < 4.78 is 9.70. The van der Waals surface area contributed by atoms with Gasteiger partial charge in [-0.3, -0.25) is 4.98 Å². The van der Waals surface area contributed by atoms with Gasteiger partial charge in [0.2, 0.25) is 0 Å². The lowest BCUT2D eigenvalue weighted by Gasteiger charge is -2.04. The lowest BCUT2D eigenvalue weighted by molar-refractivity contribution is 0.0600. The van der Waals surface area contributed by atoms with Crippen LogP contribution < -0.4 is 0 Å². The number of carbonyl (C=O) groups excluding carboxylic acids is 1. The van der Waals surface area contributed by atoms with Gasteiger partial charge in [-0.1, -0.05) is 0 Å². The second-order valence-corrected chi connectivity index (χ2v) is 3.21. The van der Waals surface area contributed by atoms with E-state index in [1.165, 1.54) is 25.6 Å². The molecule has 1 rings (SSSR count). The standard InChI is InChI=1S/C11H12ClNO3/c1-3-16-10(12)6-8-7-13-5-4-9(8)11(14)15-2/h4-7H,3H2,1-2H3/b10-6-. The van der Waals surface area contributed by atoms with Crippen molar-refractivity contribution >= 4 is 23.6 Å². The van der Waals surface area contributed by atoms with Gasteiger partial charge in [-0.15, -0.1) is 0 Å². The van der Waals surface area contributed by atoms with Crippen LogP contribution in [0.2, 0.25) is 0 Å². The van der Waals surface area contributed by atoms with E-state index in [2.05, 4.69) is 9.72 Å². The maximum atomic E-state index is 11.4. The summed E-state index contributed by atoms with van der Waals surface area (Å²) in [5, 5.41) is 0.209. The molecular formula is C11H12ClNO3. The number of nitrogens with zero attached hydrogens (tertiary/aromatic N) is 1. The molecule has 0 radical (unpaired) electrons. The average molecular weight is 242 g/mol. The number of methoxy groups -OCH3 is 1. The highest BCUT2D eigenvalue weighted by molar-refractivity contribution is 6.30. The number of esters is 1. The number of carbonyl (C=O) groups is 1. The van der Waals surface area contributed by atoms with Gasteiger partial charge < -0.3 is 9.47 Å². The van der Waals surface area contributed by atoms with E-state index in [9.17, 15) is 4.79 Å². The van der Waals surface area contributed by atoms with E-state index in [0.29, 0.717) is 17.7 Å². The molecule has 16 heavy (non-hydrogen) atoms. The van der Waals surface area contributed by atoms with Gasteiger partial charge in [-0.25, -0.2) is 4.79 Å². The number of hydrogen-bond acceptors (Lipinski definition) is 4. The number of halogens is 1. The summed E-state index contributed by atoms with van der Waals surface area (Å²) in [6.07, 6.45) is 4.57. The molecule has 0 aliphatic rings. The summed E-state index contributed by atoms with van der Waals surface area (Å²) in [6, 6.07) is 1.56. The van der Waals surface area contributed by atoms with Crippen molar-refractivity contribution in [2.75, 3.05) is 13.7 Å². The molecule has 5 heteroatoms. The normalized spacial score (nSPS) is 11.1. The van der Waals surface area contributed by atoms with Crippen molar-refractivity contribution in [1.82, 2.24) is 4.98 Å². The lowest BCUT2D eigenvalue weighted by Crippen LogP contribution is -2.04. The first kappa shape index (κ1) is 12.5. The van der Waals surface area contributed by atoms with Crippen LogP contribution in [-0.4, -0.2) is 24.7 Å². The summed E-state index contributed by atoms with van der Waals surface area (Å²) in [7, 11) is 1.32. The molecule has 1 aromatic heterocycles. The van der Waals surface area contributed by atoms with Crippen LogP contribution in [0.3, 0.4) is 0 Å². The van der Waals surface area contributed by atoms with E-state index < -0.39 is 5.97 Å². The maximum absolute atomic E-state index is 11.4. The Balaban J connectivity index is 3.04. The van der Waals surface area contributed by atoms with Crippen molar-refractivity contribution in [3.05, 3.63) is 34.8 Å². The molecule has 4 nitrogen and oxygen atoms in total. The molecule has 1 aromatic rings. The van der Waals surface area contributed by atoms with Crippen molar-refractivity contribution in [2.45, 2.75) is 6.92 Å². The molecule has 0 atom stereocenters. The van der Waals surface area contributed by atoms with Crippen molar-refractivity contribution in [3.63, 3.8) is 0 Å². The van der Waals surface area contributed by atoms with Crippen LogP contribution in [0.5, 0.6) is 0 Å². The lowest BCUT2D eigenvalue weighted by atomic mass is 10.1. The highest BCUT2D eigenvalue weighted by atomic mass is 35.5. The number of rotatable bonds is 4. The van der Waals surface area contributed by atoms with Crippen LogP contribution in [0.15, 0.2) is 23.7 Å². The summed E-state index contributed by atoms with van der Waals surface area (Å²) in [6.45, 7) is 2.28. The molecule has 0 saturated heterocycles. The first-order valence-corrected chi connectivity index (χ1v) is 5.09. The molecule has 86 valence electrons. The van der Waals surface area contributed by atoms with Crippen LogP contribution in [0.1, 0.15) is 22.8 Å². The zero-order valence-electron chi connectivity index (χ0n) is 9.07. The Labute approximate surface area is 98.8 Å². The van der Waals surface area contributed by atoms with Gasteiger partial charge in [0.25, 0.3) is 0 Å². The van der Waals surface area contributed by atoms with Crippen LogP contribution in [0, 0.1) is 0 Å². The number of pyridine rings is 1. The van der Waals surface area contributed by atoms with Gasteiger partial charge in [0, 0.05) is 24.0 Å². The Morgan fingerprint density at radius 1 is 1.62 bits per heavy atom. The van der Waals surface area contributed by atoms with E-state index in [-0.39, 0.29) is 5.22 Å². The van der Waals surface area contributed by atoms with Crippen LogP contribution in [0.25, 0.3) is 6.08 Å². The molecule has 0 fully saturated rings. The fourth-order valence-corrected chi connectivity index (χ4v) is 1.35. The van der Waals surface area contributed by atoms with Gasteiger partial charge >= 0.3 is 5.97 Å². The molecule has 0 bridgehead atoms. The van der Waals surface area contributed by atoms with Crippen molar-refractivity contribution in [1.29, 1.82) is 0 Å². The largest absolute Gasteiger partial charge is 0.483 e. The first-order chi connectivity index (χ1) is 7.69. The van der Waals surface area contributed by atoms with Gasteiger partial charge in [0.15, 0.2) is 5.22 Å². The highest BCUT2D eigenvalue weighted by Gasteiger charge is 2.10. The minimum Gasteiger partial charge on any atom is -0.483 e. The van der Waals surface area contributed by atoms with Crippen LogP contribution >= 0.6 is 11.6 Å². The Morgan fingerprint density at radius 3 is 3.00 bits per heavy atom. The van der Waals surface area contributed by atoms with Crippen molar-refractivity contribution in [3.8, 4) is 0 Å². The molecule has 0 aromatic carbocycles. The van der Waals surface area contributed by atoms with E-state index in [1.54, 1.807) is 6.07 Å². The summed E-state index contributed by atoms with van der Waals surface area (Å²) in [5.41, 5.74) is 0.961. The average Bonchev–Trinajstić information content (AvgIpc) is 2.29. The zero-order valence-corrected chi connectivity index (χ0v) is 9.82. The van der Waals surface area contributed by atoms with Gasteiger partial charge in [0.05, 0.1) is 19.3 Å². The molecule has 0 aliphatic heterocycles. The fraction of sp³-hybridized carbons (Fsp3) is 0.273. The van der Waals surface area contributed by atoms with Crippen molar-refractivity contribution < 1.29 is 14.3 Å². The smallest absolute Gasteiger partial charge is 0.338 e. The van der Waals surface area contributed by atoms with E-state index in [4.69, 9.17) is 16.3 Å². The molecule has 0 aliphatic carbocycles. The third kappa shape index (κ3) is 3.24. The van der Waals surface area contributed by atoms with Gasteiger partial charge in [-0.05, 0) is 24.6 Å². The minimum atomic E-state index is -0.436. The molecule has 0 spiro atoms. The third-order valence-electron chi connectivity index (χ3n) is 1.81. The molecule has 1 heterocycles. The topological polar surface area (TPSA) is 48.4 Å². The Morgan fingerprint density at radius 2 is 2.38 bits per heavy atom. The maximum Gasteiger partial charge on any atom is 0.338 e.